The fraction of sp³-hybridized carbons (Fsp3) is 0.500. The Balaban J connectivity index is 1.66. The van der Waals surface area contributed by atoms with Crippen molar-refractivity contribution in [1.82, 2.24) is 19.4 Å². The number of imidazole rings is 1. The molecule has 8 heteroatoms. The van der Waals surface area contributed by atoms with Crippen molar-refractivity contribution < 1.29 is 14.7 Å². The summed E-state index contributed by atoms with van der Waals surface area (Å²) < 4.78 is 2.19. The fourth-order valence-corrected chi connectivity index (χ4v) is 5.24. The van der Waals surface area contributed by atoms with Gasteiger partial charge in [-0.25, -0.2) is 4.98 Å². The van der Waals surface area contributed by atoms with E-state index in [0.29, 0.717) is 36.7 Å². The highest BCUT2D eigenvalue weighted by atomic mass is 16.4. The van der Waals surface area contributed by atoms with Gasteiger partial charge in [0.05, 0.1) is 17.0 Å². The zero-order chi connectivity index (χ0) is 26.0. The molecule has 192 valence electrons. The van der Waals surface area contributed by atoms with Crippen LogP contribution in [-0.2, 0) is 22.6 Å². The van der Waals surface area contributed by atoms with E-state index in [2.05, 4.69) is 41.6 Å². The Morgan fingerprint density at radius 3 is 2.67 bits per heavy atom. The lowest BCUT2D eigenvalue weighted by atomic mass is 9.91. The van der Waals surface area contributed by atoms with Gasteiger partial charge in [-0.2, -0.15) is 0 Å². The van der Waals surface area contributed by atoms with Crippen molar-refractivity contribution in [1.29, 1.82) is 0 Å². The average Bonchev–Trinajstić information content (AvgIpc) is 3.43. The normalized spacial score (nSPS) is 16.7. The van der Waals surface area contributed by atoms with Crippen LogP contribution in [0.4, 0.5) is 0 Å². The number of aromatic nitrogens is 3. The van der Waals surface area contributed by atoms with E-state index in [1.807, 2.05) is 11.0 Å². The third-order valence-corrected chi connectivity index (χ3v) is 7.22. The van der Waals surface area contributed by atoms with Crippen LogP contribution < -0.4 is 5.56 Å². The van der Waals surface area contributed by atoms with Gasteiger partial charge in [-0.15, -0.1) is 0 Å². The number of amides is 1. The number of rotatable bonds is 9. The third-order valence-electron chi connectivity index (χ3n) is 7.22. The summed E-state index contributed by atoms with van der Waals surface area (Å²) in [5.41, 5.74) is 4.26. The SMILES string of the molecule is CC(=O)N1CCC(Cn2c(-c3c[nH]c(=O)c(C)c3)nc3cc(CC[C@@H](CC(C)C)C(=O)O)ccc32)C1. The summed E-state index contributed by atoms with van der Waals surface area (Å²) in [6.45, 7) is 9.72. The molecule has 1 saturated heterocycles. The number of nitrogens with zero attached hydrogens (tertiary/aromatic N) is 3. The molecule has 4 rings (SSSR count). The molecule has 0 radical (unpaired) electrons. The van der Waals surface area contributed by atoms with Gasteiger partial charge >= 0.3 is 5.97 Å². The number of carbonyl (C=O) groups excluding carboxylic acids is 1. The number of H-pyrrole nitrogens is 1. The molecule has 3 aromatic rings. The summed E-state index contributed by atoms with van der Waals surface area (Å²) in [6.07, 6.45) is 4.58. The minimum atomic E-state index is -0.735. The number of aliphatic carboxylic acids is 1. The van der Waals surface area contributed by atoms with Crippen molar-refractivity contribution in [2.75, 3.05) is 13.1 Å². The molecular weight excluding hydrogens is 456 g/mol. The fourth-order valence-electron chi connectivity index (χ4n) is 5.24. The molecule has 36 heavy (non-hydrogen) atoms. The summed E-state index contributed by atoms with van der Waals surface area (Å²) in [5.74, 6) is 0.450. The number of carboxylic acid groups (broad SMARTS) is 1. The van der Waals surface area contributed by atoms with Crippen LogP contribution in [0.2, 0.25) is 0 Å². The van der Waals surface area contributed by atoms with E-state index in [1.54, 1.807) is 20.0 Å². The highest BCUT2D eigenvalue weighted by molar-refractivity contribution is 5.81. The summed E-state index contributed by atoms with van der Waals surface area (Å²) in [4.78, 5) is 45.2. The van der Waals surface area contributed by atoms with Gasteiger partial charge in [-0.05, 0) is 68.2 Å². The number of benzene rings is 1. The molecule has 2 N–H and O–H groups in total. The van der Waals surface area contributed by atoms with Gasteiger partial charge in [-0.3, -0.25) is 14.4 Å². The molecule has 1 amide bonds. The maximum absolute atomic E-state index is 12.0. The second-order valence-electron chi connectivity index (χ2n) is 10.6. The van der Waals surface area contributed by atoms with E-state index in [-0.39, 0.29) is 17.4 Å². The van der Waals surface area contributed by atoms with Gasteiger partial charge in [0.15, 0.2) is 0 Å². The van der Waals surface area contributed by atoms with Crippen LogP contribution >= 0.6 is 0 Å². The zero-order valence-corrected chi connectivity index (χ0v) is 21.6. The van der Waals surface area contributed by atoms with Gasteiger partial charge in [0.2, 0.25) is 5.91 Å². The van der Waals surface area contributed by atoms with Crippen molar-refractivity contribution in [2.24, 2.45) is 17.8 Å². The number of carbonyl (C=O) groups is 2. The smallest absolute Gasteiger partial charge is 0.306 e. The minimum absolute atomic E-state index is 0.103. The number of nitrogens with one attached hydrogen (secondary N) is 1. The first-order valence-corrected chi connectivity index (χ1v) is 12.8. The highest BCUT2D eigenvalue weighted by Crippen LogP contribution is 2.29. The van der Waals surface area contributed by atoms with Gasteiger partial charge in [0.1, 0.15) is 5.82 Å². The summed E-state index contributed by atoms with van der Waals surface area (Å²) in [7, 11) is 0. The molecule has 1 unspecified atom stereocenters. The summed E-state index contributed by atoms with van der Waals surface area (Å²) >= 11 is 0. The van der Waals surface area contributed by atoms with Crippen LogP contribution in [0.25, 0.3) is 22.4 Å². The highest BCUT2D eigenvalue weighted by Gasteiger charge is 2.26. The summed E-state index contributed by atoms with van der Waals surface area (Å²) in [6, 6.07) is 8.04. The Hall–Kier alpha value is -3.42. The van der Waals surface area contributed by atoms with Crippen molar-refractivity contribution >= 4 is 22.9 Å². The van der Waals surface area contributed by atoms with Gasteiger partial charge in [0, 0.05) is 43.9 Å². The molecule has 1 aliphatic heterocycles. The number of likely N-dealkylation sites (tertiary alicyclic amines) is 1. The predicted octanol–water partition coefficient (Wildman–Crippen LogP) is 4.25. The first-order valence-electron chi connectivity index (χ1n) is 12.8. The van der Waals surface area contributed by atoms with Crippen molar-refractivity contribution in [3.8, 4) is 11.4 Å². The number of aromatic amines is 1. The minimum Gasteiger partial charge on any atom is -0.481 e. The standard InChI is InChI=1S/C28H36N4O4/c1-17(2)11-22(28(35)36)7-5-20-6-8-25-24(13-20)30-26(23-12-18(3)27(34)29-14-23)32(25)16-21-9-10-31(15-21)19(4)33/h6,8,12-14,17,21-22H,5,7,9-11,15-16H2,1-4H3,(H,29,34)(H,35,36)/t21?,22-/m0/s1. The maximum Gasteiger partial charge on any atom is 0.306 e. The van der Waals surface area contributed by atoms with E-state index in [1.165, 1.54) is 0 Å². The molecule has 2 atom stereocenters. The van der Waals surface area contributed by atoms with E-state index < -0.39 is 5.97 Å². The zero-order valence-electron chi connectivity index (χ0n) is 21.6. The van der Waals surface area contributed by atoms with Crippen LogP contribution in [-0.4, -0.2) is 49.5 Å². The lowest BCUT2D eigenvalue weighted by Crippen LogP contribution is -2.26. The van der Waals surface area contributed by atoms with Crippen LogP contribution in [0.5, 0.6) is 0 Å². The molecule has 1 aliphatic rings. The number of fused-ring (bicyclic) bond motifs is 1. The molecule has 0 bridgehead atoms. The van der Waals surface area contributed by atoms with E-state index >= 15 is 0 Å². The molecule has 3 heterocycles. The largest absolute Gasteiger partial charge is 0.481 e. The van der Waals surface area contributed by atoms with Crippen LogP contribution in [0.1, 0.15) is 51.2 Å². The Labute approximate surface area is 211 Å². The third kappa shape index (κ3) is 5.69. The number of carboxylic acids is 1. The van der Waals surface area contributed by atoms with Crippen LogP contribution in [0.15, 0.2) is 35.3 Å². The van der Waals surface area contributed by atoms with Gasteiger partial charge in [0.25, 0.3) is 5.56 Å². The number of pyridine rings is 1. The van der Waals surface area contributed by atoms with Gasteiger partial charge in [-0.1, -0.05) is 19.9 Å². The predicted molar refractivity (Wildman–Crippen MR) is 140 cm³/mol. The molecule has 0 spiro atoms. The van der Waals surface area contributed by atoms with Gasteiger partial charge < -0.3 is 19.6 Å². The van der Waals surface area contributed by atoms with E-state index in [4.69, 9.17) is 4.98 Å². The topological polar surface area (TPSA) is 108 Å². The van der Waals surface area contributed by atoms with E-state index in [9.17, 15) is 19.5 Å². The van der Waals surface area contributed by atoms with Crippen molar-refractivity contribution in [3.05, 3.63) is 51.9 Å². The monoisotopic (exact) mass is 492 g/mol. The second kappa shape index (κ2) is 10.7. The molecule has 1 fully saturated rings. The van der Waals surface area contributed by atoms with Crippen LogP contribution in [0.3, 0.4) is 0 Å². The molecule has 0 saturated carbocycles. The molecule has 2 aromatic heterocycles. The molecule has 1 aromatic carbocycles. The Kier molecular flexibility index (Phi) is 7.62. The quantitative estimate of drug-likeness (QED) is 0.464. The number of aryl methyl sites for hydroxylation is 2. The number of hydrogen-bond donors (Lipinski definition) is 2. The van der Waals surface area contributed by atoms with Crippen molar-refractivity contribution in [2.45, 2.75) is 59.9 Å². The Bertz CT molecular complexity index is 1320. The average molecular weight is 493 g/mol. The van der Waals surface area contributed by atoms with Crippen molar-refractivity contribution in [3.63, 3.8) is 0 Å². The number of hydrogen-bond acceptors (Lipinski definition) is 4. The first kappa shape index (κ1) is 25.7. The Morgan fingerprint density at radius 1 is 1.25 bits per heavy atom. The molecule has 0 aliphatic carbocycles. The lowest BCUT2D eigenvalue weighted by Gasteiger charge is -2.17. The lowest BCUT2D eigenvalue weighted by molar-refractivity contribution is -0.142. The molecular formula is C28H36N4O4. The maximum atomic E-state index is 12.0. The first-order chi connectivity index (χ1) is 17.1. The summed E-state index contributed by atoms with van der Waals surface area (Å²) in [5, 5.41) is 9.60. The molecule has 8 nitrogen and oxygen atoms in total. The van der Waals surface area contributed by atoms with E-state index in [0.717, 1.165) is 54.0 Å². The Morgan fingerprint density at radius 2 is 2.03 bits per heavy atom. The second-order valence-corrected chi connectivity index (χ2v) is 10.6. The van der Waals surface area contributed by atoms with Crippen LogP contribution in [0, 0.1) is 24.7 Å².